The van der Waals surface area contributed by atoms with Crippen molar-refractivity contribution < 1.29 is 19.8 Å². The number of hydrogen-bond donors (Lipinski definition) is 2. The van der Waals surface area contributed by atoms with Gasteiger partial charge >= 0.3 is 11.9 Å². The molecule has 0 aliphatic heterocycles. The lowest BCUT2D eigenvalue weighted by atomic mass is 10.2. The van der Waals surface area contributed by atoms with E-state index in [1.165, 1.54) is 11.3 Å². The van der Waals surface area contributed by atoms with Crippen molar-refractivity contribution in [2.45, 2.75) is 22.9 Å². The first-order chi connectivity index (χ1) is 9.36. The largest absolute Gasteiger partial charge is 0.481 e. The van der Waals surface area contributed by atoms with Gasteiger partial charge < -0.3 is 10.2 Å². The fourth-order valence-corrected chi connectivity index (χ4v) is 4.32. The van der Waals surface area contributed by atoms with Gasteiger partial charge in [-0.1, -0.05) is 23.4 Å². The minimum absolute atomic E-state index is 0.449. The SMILES string of the molecule is Cc1cc(Cl)cc2sc(SC(CC(=O)O)C(=O)O)nc12. The summed E-state index contributed by atoms with van der Waals surface area (Å²) in [5, 5.41) is 17.3. The van der Waals surface area contributed by atoms with Gasteiger partial charge in [0.2, 0.25) is 0 Å². The number of aliphatic carboxylic acids is 2. The molecular formula is C12H10ClNO4S2. The van der Waals surface area contributed by atoms with Crippen molar-refractivity contribution in [2.75, 3.05) is 0 Å². The molecule has 2 N–H and O–H groups in total. The highest BCUT2D eigenvalue weighted by Gasteiger charge is 2.24. The van der Waals surface area contributed by atoms with Gasteiger partial charge in [-0.15, -0.1) is 11.3 Å². The third-order valence-corrected chi connectivity index (χ3v) is 5.01. The maximum absolute atomic E-state index is 11.0. The van der Waals surface area contributed by atoms with Crippen LogP contribution in [0.15, 0.2) is 16.5 Å². The van der Waals surface area contributed by atoms with Gasteiger partial charge in [0.25, 0.3) is 0 Å². The molecule has 0 bridgehead atoms. The molecule has 0 saturated heterocycles. The molecule has 1 atom stereocenters. The van der Waals surface area contributed by atoms with Gasteiger partial charge in [0.1, 0.15) is 5.25 Å². The molecule has 0 radical (unpaired) electrons. The van der Waals surface area contributed by atoms with Gasteiger partial charge in [0, 0.05) is 5.02 Å². The van der Waals surface area contributed by atoms with E-state index in [1.54, 1.807) is 12.1 Å². The highest BCUT2D eigenvalue weighted by molar-refractivity contribution is 8.02. The number of halogens is 1. The maximum atomic E-state index is 11.0. The van der Waals surface area contributed by atoms with Crippen molar-refractivity contribution in [3.63, 3.8) is 0 Å². The van der Waals surface area contributed by atoms with Crippen LogP contribution >= 0.6 is 34.7 Å². The van der Waals surface area contributed by atoms with E-state index in [0.717, 1.165) is 27.5 Å². The number of aryl methyl sites for hydroxylation is 1. The number of carbonyl (C=O) groups is 2. The van der Waals surface area contributed by atoms with Gasteiger partial charge in [-0.05, 0) is 24.6 Å². The van der Waals surface area contributed by atoms with E-state index >= 15 is 0 Å². The van der Waals surface area contributed by atoms with Crippen LogP contribution in [0.4, 0.5) is 0 Å². The van der Waals surface area contributed by atoms with Gasteiger partial charge in [0.05, 0.1) is 16.6 Å². The Morgan fingerprint density at radius 2 is 2.15 bits per heavy atom. The van der Waals surface area contributed by atoms with Crippen molar-refractivity contribution in [1.82, 2.24) is 4.98 Å². The molecule has 0 saturated carbocycles. The number of hydrogen-bond acceptors (Lipinski definition) is 5. The van der Waals surface area contributed by atoms with E-state index < -0.39 is 23.6 Å². The minimum Gasteiger partial charge on any atom is -0.481 e. The molecule has 0 aliphatic rings. The van der Waals surface area contributed by atoms with E-state index in [9.17, 15) is 9.59 Å². The van der Waals surface area contributed by atoms with Gasteiger partial charge in [0.15, 0.2) is 4.34 Å². The second-order valence-electron chi connectivity index (χ2n) is 4.09. The molecule has 1 aromatic carbocycles. The molecule has 0 amide bonds. The number of benzene rings is 1. The van der Waals surface area contributed by atoms with E-state index in [0.29, 0.717) is 9.36 Å². The summed E-state index contributed by atoms with van der Waals surface area (Å²) in [7, 11) is 0. The maximum Gasteiger partial charge on any atom is 0.317 e. The number of carboxylic acid groups (broad SMARTS) is 2. The quantitative estimate of drug-likeness (QED) is 0.817. The van der Waals surface area contributed by atoms with Gasteiger partial charge in [-0.3, -0.25) is 9.59 Å². The van der Waals surface area contributed by atoms with Crippen molar-refractivity contribution in [2.24, 2.45) is 0 Å². The van der Waals surface area contributed by atoms with E-state index in [1.807, 2.05) is 6.92 Å². The standard InChI is InChI=1S/C12H10ClNO4S2/c1-5-2-6(13)3-7-10(5)14-12(19-7)20-8(11(17)18)4-9(15)16/h2-3,8H,4H2,1H3,(H,15,16)(H,17,18). The third-order valence-electron chi connectivity index (χ3n) is 2.51. The van der Waals surface area contributed by atoms with Crippen molar-refractivity contribution in [3.05, 3.63) is 22.7 Å². The van der Waals surface area contributed by atoms with Crippen molar-refractivity contribution in [3.8, 4) is 0 Å². The van der Waals surface area contributed by atoms with E-state index in [-0.39, 0.29) is 0 Å². The molecule has 1 aromatic heterocycles. The first-order valence-electron chi connectivity index (χ1n) is 5.54. The van der Waals surface area contributed by atoms with E-state index in [4.69, 9.17) is 21.8 Å². The van der Waals surface area contributed by atoms with Gasteiger partial charge in [-0.25, -0.2) is 4.98 Å². The number of carboxylic acids is 2. The normalized spacial score (nSPS) is 12.5. The van der Waals surface area contributed by atoms with Crippen LogP contribution in [0.2, 0.25) is 5.02 Å². The molecule has 1 heterocycles. The second-order valence-corrected chi connectivity index (χ2v) is 7.01. The lowest BCUT2D eigenvalue weighted by Gasteiger charge is -2.06. The Hall–Kier alpha value is -1.31. The molecule has 1 unspecified atom stereocenters. The number of thioether (sulfide) groups is 1. The minimum atomic E-state index is -1.16. The number of rotatable bonds is 5. The summed E-state index contributed by atoms with van der Waals surface area (Å²) < 4.78 is 1.39. The van der Waals surface area contributed by atoms with Crippen LogP contribution in [0.25, 0.3) is 10.2 Å². The Morgan fingerprint density at radius 3 is 2.75 bits per heavy atom. The topological polar surface area (TPSA) is 87.5 Å². The lowest BCUT2D eigenvalue weighted by Crippen LogP contribution is -2.20. The first-order valence-corrected chi connectivity index (χ1v) is 7.62. The highest BCUT2D eigenvalue weighted by atomic mass is 35.5. The monoisotopic (exact) mass is 331 g/mol. The van der Waals surface area contributed by atoms with Crippen LogP contribution in [-0.4, -0.2) is 32.4 Å². The fourth-order valence-electron chi connectivity index (χ4n) is 1.64. The fraction of sp³-hybridized carbons (Fsp3) is 0.250. The average molecular weight is 332 g/mol. The van der Waals surface area contributed by atoms with Crippen LogP contribution in [0.1, 0.15) is 12.0 Å². The Bertz CT molecular complexity index is 685. The summed E-state index contributed by atoms with van der Waals surface area (Å²) in [6, 6.07) is 3.54. The van der Waals surface area contributed by atoms with Crippen LogP contribution in [-0.2, 0) is 9.59 Å². The third kappa shape index (κ3) is 3.41. The molecular weight excluding hydrogens is 322 g/mol. The molecule has 106 valence electrons. The second kappa shape index (κ2) is 5.99. The average Bonchev–Trinajstić information content (AvgIpc) is 2.70. The summed E-state index contributed by atoms with van der Waals surface area (Å²) in [5.41, 5.74) is 1.67. The first kappa shape index (κ1) is 15.1. The van der Waals surface area contributed by atoms with Crippen molar-refractivity contribution in [1.29, 1.82) is 0 Å². The summed E-state index contributed by atoms with van der Waals surface area (Å²) in [5.74, 6) is -2.31. The summed E-state index contributed by atoms with van der Waals surface area (Å²) in [6.07, 6.45) is -0.449. The summed E-state index contributed by atoms with van der Waals surface area (Å²) >= 11 is 8.22. The number of fused-ring (bicyclic) bond motifs is 1. The summed E-state index contributed by atoms with van der Waals surface area (Å²) in [4.78, 5) is 26.1. The van der Waals surface area contributed by atoms with Gasteiger partial charge in [-0.2, -0.15) is 0 Å². The van der Waals surface area contributed by atoms with Crippen LogP contribution in [0.5, 0.6) is 0 Å². The zero-order chi connectivity index (χ0) is 14.9. The molecule has 2 rings (SSSR count). The Morgan fingerprint density at radius 1 is 1.45 bits per heavy atom. The van der Waals surface area contributed by atoms with E-state index in [2.05, 4.69) is 4.98 Å². The zero-order valence-corrected chi connectivity index (χ0v) is 12.7. The Balaban J connectivity index is 2.31. The number of nitrogens with zero attached hydrogens (tertiary/aromatic N) is 1. The molecule has 0 fully saturated rings. The van der Waals surface area contributed by atoms with Crippen LogP contribution in [0, 0.1) is 6.92 Å². The molecule has 5 nitrogen and oxygen atoms in total. The lowest BCUT2D eigenvalue weighted by molar-refractivity contribution is -0.142. The Kier molecular flexibility index (Phi) is 4.52. The molecule has 0 aliphatic carbocycles. The van der Waals surface area contributed by atoms with Crippen molar-refractivity contribution >= 4 is 56.9 Å². The smallest absolute Gasteiger partial charge is 0.317 e. The van der Waals surface area contributed by atoms with Crippen LogP contribution < -0.4 is 0 Å². The number of thiazole rings is 1. The highest BCUT2D eigenvalue weighted by Crippen LogP contribution is 2.35. The summed E-state index contributed by atoms with van der Waals surface area (Å²) in [6.45, 7) is 1.87. The Labute approximate surface area is 127 Å². The predicted molar refractivity (Wildman–Crippen MR) is 78.9 cm³/mol. The molecule has 8 heteroatoms. The predicted octanol–water partition coefficient (Wildman–Crippen LogP) is 3.28. The number of aromatic nitrogens is 1. The molecule has 2 aromatic rings. The molecule has 20 heavy (non-hydrogen) atoms. The zero-order valence-electron chi connectivity index (χ0n) is 10.3. The molecule has 0 spiro atoms. The van der Waals surface area contributed by atoms with Crippen LogP contribution in [0.3, 0.4) is 0 Å².